The van der Waals surface area contributed by atoms with Crippen molar-refractivity contribution in [2.45, 2.75) is 60.3 Å². The van der Waals surface area contributed by atoms with Gasteiger partial charge < -0.3 is 10.2 Å². The molecule has 1 fully saturated rings. The molecule has 0 atom stereocenters. The van der Waals surface area contributed by atoms with Gasteiger partial charge in [-0.1, -0.05) is 42.3 Å². The lowest BCUT2D eigenvalue weighted by molar-refractivity contribution is 0.302. The van der Waals surface area contributed by atoms with E-state index in [9.17, 15) is 0 Å². The van der Waals surface area contributed by atoms with Gasteiger partial charge >= 0.3 is 0 Å². The van der Waals surface area contributed by atoms with Gasteiger partial charge in [-0.05, 0) is 70.1 Å². The van der Waals surface area contributed by atoms with Crippen LogP contribution in [-0.2, 0) is 0 Å². The third-order valence-electron chi connectivity index (χ3n) is 6.68. The zero-order valence-electron chi connectivity index (χ0n) is 20.4. The minimum atomic E-state index is 0.670. The van der Waals surface area contributed by atoms with Crippen LogP contribution in [-0.4, -0.2) is 44.0 Å². The van der Waals surface area contributed by atoms with Crippen molar-refractivity contribution in [3.8, 4) is 0 Å². The van der Waals surface area contributed by atoms with E-state index in [0.29, 0.717) is 5.84 Å². The van der Waals surface area contributed by atoms with Crippen molar-refractivity contribution in [3.05, 3.63) is 63.4 Å². The van der Waals surface area contributed by atoms with Crippen LogP contribution in [0.4, 0.5) is 5.69 Å². The predicted octanol–water partition coefficient (Wildman–Crippen LogP) is 5.65. The largest absolute Gasteiger partial charge is 0.390 e. The third kappa shape index (κ3) is 5.12. The van der Waals surface area contributed by atoms with Gasteiger partial charge in [0, 0.05) is 50.2 Å². The minimum Gasteiger partial charge on any atom is -0.390 e. The summed E-state index contributed by atoms with van der Waals surface area (Å²) in [6.45, 7) is 14.8. The Bertz CT molecular complexity index is 896. The number of anilines is 1. The molecule has 0 spiro atoms. The van der Waals surface area contributed by atoms with Crippen molar-refractivity contribution >= 4 is 11.5 Å². The normalized spacial score (nSPS) is 20.1. The van der Waals surface area contributed by atoms with Crippen LogP contribution in [0.3, 0.4) is 0 Å². The average Bonchev–Trinajstić information content (AvgIpc) is 2.74. The lowest BCUT2D eigenvalue weighted by Gasteiger charge is -2.36. The van der Waals surface area contributed by atoms with E-state index in [1.807, 2.05) is 7.05 Å². The van der Waals surface area contributed by atoms with Crippen LogP contribution < -0.4 is 10.2 Å². The Balaban J connectivity index is 1.85. The molecule has 1 aromatic rings. The zero-order chi connectivity index (χ0) is 22.5. The fourth-order valence-electron chi connectivity index (χ4n) is 5.25. The molecule has 1 saturated heterocycles. The molecule has 1 aromatic carbocycles. The maximum atomic E-state index is 9.09. The molecule has 0 saturated carbocycles. The van der Waals surface area contributed by atoms with E-state index < -0.39 is 0 Å². The second-order valence-corrected chi connectivity index (χ2v) is 9.00. The highest BCUT2D eigenvalue weighted by Gasteiger charge is 2.27. The summed E-state index contributed by atoms with van der Waals surface area (Å²) in [6, 6.07) is 4.47. The zero-order valence-corrected chi connectivity index (χ0v) is 20.4. The van der Waals surface area contributed by atoms with Gasteiger partial charge in [0.25, 0.3) is 0 Å². The SMILES string of the molecule is C/C=C\C1=C(CC)CN(C/C(NC)=C2\CCCN(c3c(C)cc(C)cc3C)C2=N)CC1. The van der Waals surface area contributed by atoms with E-state index >= 15 is 0 Å². The molecule has 2 aliphatic heterocycles. The van der Waals surface area contributed by atoms with E-state index in [0.717, 1.165) is 51.9 Å². The second-order valence-electron chi connectivity index (χ2n) is 9.00. The first-order chi connectivity index (χ1) is 14.9. The third-order valence-corrected chi connectivity index (χ3v) is 6.68. The van der Waals surface area contributed by atoms with Crippen LogP contribution in [0.5, 0.6) is 0 Å². The summed E-state index contributed by atoms with van der Waals surface area (Å²) in [5, 5.41) is 12.6. The Labute approximate surface area is 189 Å². The Morgan fingerprint density at radius 1 is 1.13 bits per heavy atom. The van der Waals surface area contributed by atoms with Crippen LogP contribution in [0.25, 0.3) is 0 Å². The summed E-state index contributed by atoms with van der Waals surface area (Å²) in [7, 11) is 2.02. The lowest BCUT2D eigenvalue weighted by atomic mass is 9.95. The number of benzene rings is 1. The summed E-state index contributed by atoms with van der Waals surface area (Å²) in [6.07, 6.45) is 8.73. The van der Waals surface area contributed by atoms with Crippen LogP contribution in [0.2, 0.25) is 0 Å². The molecule has 3 rings (SSSR count). The summed E-state index contributed by atoms with van der Waals surface area (Å²) in [5.74, 6) is 0.670. The molecule has 0 aliphatic carbocycles. The standard InChI is InChI=1S/C27H40N4/c1-7-10-23-12-14-30(17-22(23)8-2)18-25(29-6)24-11-9-13-31(27(24)28)26-20(4)15-19(3)16-21(26)5/h7,10,15-16,28-29H,8-9,11-14,17-18H2,1-6H3/b10-7-,25-24-,28-27?. The number of aryl methyl sites for hydroxylation is 3. The lowest BCUT2D eigenvalue weighted by Crippen LogP contribution is -2.41. The maximum Gasteiger partial charge on any atom is 0.130 e. The number of nitrogens with one attached hydrogen (secondary N) is 2. The first kappa shape index (κ1) is 23.3. The molecule has 4 heteroatoms. The topological polar surface area (TPSA) is 42.4 Å². The summed E-state index contributed by atoms with van der Waals surface area (Å²) in [4.78, 5) is 4.78. The van der Waals surface area contributed by atoms with E-state index in [-0.39, 0.29) is 0 Å². The second kappa shape index (κ2) is 10.3. The number of allylic oxidation sites excluding steroid dienone is 2. The summed E-state index contributed by atoms with van der Waals surface area (Å²) < 4.78 is 0. The molecule has 2 N–H and O–H groups in total. The van der Waals surface area contributed by atoms with Crippen molar-refractivity contribution in [1.82, 2.24) is 10.2 Å². The number of likely N-dealkylation sites (N-methyl/N-ethyl adjacent to an activating group) is 1. The Hall–Kier alpha value is -2.33. The molecular formula is C27H40N4. The summed E-state index contributed by atoms with van der Waals surface area (Å²) in [5.41, 5.74) is 10.5. The first-order valence-corrected chi connectivity index (χ1v) is 11.8. The Kier molecular flexibility index (Phi) is 7.77. The highest BCUT2D eigenvalue weighted by atomic mass is 15.2. The first-order valence-electron chi connectivity index (χ1n) is 11.8. The number of rotatable bonds is 6. The fourth-order valence-corrected chi connectivity index (χ4v) is 5.25. The number of amidine groups is 1. The highest BCUT2D eigenvalue weighted by Crippen LogP contribution is 2.32. The molecule has 168 valence electrons. The van der Waals surface area contributed by atoms with Crippen molar-refractivity contribution in [1.29, 1.82) is 5.41 Å². The minimum absolute atomic E-state index is 0.670. The van der Waals surface area contributed by atoms with Gasteiger partial charge in [0.15, 0.2) is 0 Å². The Morgan fingerprint density at radius 3 is 2.45 bits per heavy atom. The van der Waals surface area contributed by atoms with E-state index in [1.165, 1.54) is 39.2 Å². The maximum absolute atomic E-state index is 9.09. The van der Waals surface area contributed by atoms with Gasteiger partial charge in [-0.2, -0.15) is 0 Å². The van der Waals surface area contributed by atoms with Crippen LogP contribution in [0.1, 0.15) is 56.2 Å². The molecular weight excluding hydrogens is 380 g/mol. The van der Waals surface area contributed by atoms with Crippen molar-refractivity contribution < 1.29 is 0 Å². The quantitative estimate of drug-likeness (QED) is 0.625. The molecule has 0 aromatic heterocycles. The molecule has 2 heterocycles. The molecule has 0 amide bonds. The van der Waals surface area contributed by atoms with Crippen molar-refractivity contribution in [3.63, 3.8) is 0 Å². The van der Waals surface area contributed by atoms with Gasteiger partial charge in [-0.3, -0.25) is 10.3 Å². The van der Waals surface area contributed by atoms with Gasteiger partial charge in [0.2, 0.25) is 0 Å². The number of piperidine rings is 1. The summed E-state index contributed by atoms with van der Waals surface area (Å²) >= 11 is 0. The molecule has 31 heavy (non-hydrogen) atoms. The molecule has 0 bridgehead atoms. The molecule has 0 radical (unpaired) electrons. The van der Waals surface area contributed by atoms with Crippen LogP contribution >= 0.6 is 0 Å². The van der Waals surface area contributed by atoms with Gasteiger partial charge in [0.05, 0.1) is 0 Å². The Morgan fingerprint density at radius 2 is 1.84 bits per heavy atom. The molecule has 0 unspecified atom stereocenters. The van der Waals surface area contributed by atoms with Gasteiger partial charge in [0.1, 0.15) is 5.84 Å². The van der Waals surface area contributed by atoms with Crippen LogP contribution in [0.15, 0.2) is 46.7 Å². The monoisotopic (exact) mass is 420 g/mol. The van der Waals surface area contributed by atoms with E-state index in [4.69, 9.17) is 5.41 Å². The fraction of sp³-hybridized carbons (Fsp3) is 0.519. The number of nitrogens with zero attached hydrogens (tertiary/aromatic N) is 2. The van der Waals surface area contributed by atoms with Crippen LogP contribution in [0, 0.1) is 26.2 Å². The number of hydrogen-bond donors (Lipinski definition) is 2. The average molecular weight is 421 g/mol. The van der Waals surface area contributed by atoms with E-state index in [1.54, 1.807) is 5.57 Å². The van der Waals surface area contributed by atoms with Crippen molar-refractivity contribution in [2.24, 2.45) is 0 Å². The predicted molar refractivity (Wildman–Crippen MR) is 134 cm³/mol. The highest BCUT2D eigenvalue weighted by molar-refractivity contribution is 6.09. The van der Waals surface area contributed by atoms with E-state index in [2.05, 4.69) is 74.0 Å². The smallest absolute Gasteiger partial charge is 0.130 e. The molecule has 2 aliphatic rings. The molecule has 4 nitrogen and oxygen atoms in total. The van der Waals surface area contributed by atoms with Gasteiger partial charge in [-0.25, -0.2) is 0 Å². The van der Waals surface area contributed by atoms with Crippen molar-refractivity contribution in [2.75, 3.05) is 38.1 Å². The number of hydrogen-bond acceptors (Lipinski definition) is 3. The van der Waals surface area contributed by atoms with Gasteiger partial charge in [-0.15, -0.1) is 0 Å².